The van der Waals surface area contributed by atoms with Crippen LogP contribution >= 0.6 is 0 Å². The minimum Gasteiger partial charge on any atom is -0.442 e. The van der Waals surface area contributed by atoms with Crippen LogP contribution in [0.1, 0.15) is 67.0 Å². The SMILES string of the molecule is Cn1cc(Nc2ncnc(-c3ccc4c(c3)CNCC[C@H]4CC(=O)c3nc(C(C)(C)C)co3)n2)cn1. The number of benzene rings is 1. The van der Waals surface area contributed by atoms with Crippen LogP contribution in [-0.2, 0) is 19.0 Å². The van der Waals surface area contributed by atoms with Gasteiger partial charge >= 0.3 is 0 Å². The summed E-state index contributed by atoms with van der Waals surface area (Å²) < 4.78 is 7.24. The molecule has 4 aromatic rings. The first-order valence-electron chi connectivity index (χ1n) is 12.0. The zero-order valence-electron chi connectivity index (χ0n) is 20.9. The van der Waals surface area contributed by atoms with Crippen molar-refractivity contribution in [1.82, 2.24) is 35.0 Å². The second-order valence-corrected chi connectivity index (χ2v) is 10.2. The summed E-state index contributed by atoms with van der Waals surface area (Å²) in [6, 6.07) is 6.19. The zero-order valence-corrected chi connectivity index (χ0v) is 20.9. The van der Waals surface area contributed by atoms with Gasteiger partial charge in [0.05, 0.1) is 17.6 Å². The van der Waals surface area contributed by atoms with E-state index in [2.05, 4.69) is 47.8 Å². The van der Waals surface area contributed by atoms with E-state index in [1.807, 2.05) is 40.1 Å². The van der Waals surface area contributed by atoms with E-state index in [-0.39, 0.29) is 23.0 Å². The number of aryl methyl sites for hydroxylation is 1. The summed E-state index contributed by atoms with van der Waals surface area (Å²) in [5, 5.41) is 10.8. The molecule has 0 fully saturated rings. The van der Waals surface area contributed by atoms with Gasteiger partial charge in [-0.1, -0.05) is 32.9 Å². The third kappa shape index (κ3) is 5.18. The lowest BCUT2D eigenvalue weighted by atomic mass is 9.87. The van der Waals surface area contributed by atoms with Crippen LogP contribution in [0.2, 0.25) is 0 Å². The second-order valence-electron chi connectivity index (χ2n) is 10.2. The van der Waals surface area contributed by atoms with E-state index in [0.717, 1.165) is 41.0 Å². The van der Waals surface area contributed by atoms with E-state index in [1.165, 1.54) is 6.33 Å². The van der Waals surface area contributed by atoms with Gasteiger partial charge in [0.25, 0.3) is 5.89 Å². The molecule has 0 saturated heterocycles. The fraction of sp³-hybridized carbons (Fsp3) is 0.385. The number of carbonyl (C=O) groups is 1. The summed E-state index contributed by atoms with van der Waals surface area (Å²) in [6.07, 6.45) is 7.85. The molecule has 1 atom stereocenters. The minimum atomic E-state index is -0.167. The molecule has 36 heavy (non-hydrogen) atoms. The summed E-state index contributed by atoms with van der Waals surface area (Å²) in [5.74, 6) is 1.21. The van der Waals surface area contributed by atoms with Gasteiger partial charge < -0.3 is 15.1 Å². The number of carbonyl (C=O) groups excluding carboxylic acids is 1. The molecule has 5 rings (SSSR count). The van der Waals surface area contributed by atoms with Crippen molar-refractivity contribution in [1.29, 1.82) is 0 Å². The van der Waals surface area contributed by atoms with Crippen LogP contribution in [0.4, 0.5) is 11.6 Å². The number of nitrogens with one attached hydrogen (secondary N) is 2. The second kappa shape index (κ2) is 9.62. The van der Waals surface area contributed by atoms with Gasteiger partial charge in [0.1, 0.15) is 12.6 Å². The van der Waals surface area contributed by atoms with E-state index in [4.69, 9.17) is 4.42 Å². The van der Waals surface area contributed by atoms with Crippen molar-refractivity contribution in [3.8, 4) is 11.4 Å². The van der Waals surface area contributed by atoms with Gasteiger partial charge in [0, 0.05) is 37.2 Å². The number of nitrogens with zero attached hydrogens (tertiary/aromatic N) is 6. The third-order valence-corrected chi connectivity index (χ3v) is 6.30. The molecule has 1 aliphatic heterocycles. The van der Waals surface area contributed by atoms with Crippen molar-refractivity contribution in [3.63, 3.8) is 0 Å². The standard InChI is InChI=1S/C26H30N8O2/c1-26(2,3)22-14-36-24(32-22)21(35)10-16-7-8-27-11-18-9-17(5-6-20(16)18)23-28-15-29-25(33-23)31-19-12-30-34(4)13-19/h5-6,9,12-16,27H,7-8,10-11H2,1-4H3,(H,28,29,31,33)/t16-/m0/s1. The van der Waals surface area contributed by atoms with Crippen LogP contribution in [0.3, 0.4) is 0 Å². The Morgan fingerprint density at radius 3 is 2.86 bits per heavy atom. The fourth-order valence-corrected chi connectivity index (χ4v) is 4.33. The van der Waals surface area contributed by atoms with Gasteiger partial charge in [-0.2, -0.15) is 10.1 Å². The summed E-state index contributed by atoms with van der Waals surface area (Å²) in [5.41, 5.74) is 4.60. The monoisotopic (exact) mass is 486 g/mol. The third-order valence-electron chi connectivity index (χ3n) is 6.30. The molecule has 10 heteroatoms. The van der Waals surface area contributed by atoms with Crippen LogP contribution in [-0.4, -0.2) is 42.0 Å². The predicted octanol–water partition coefficient (Wildman–Crippen LogP) is 4.15. The number of aromatic nitrogens is 6. The molecule has 0 radical (unpaired) electrons. The lowest BCUT2D eigenvalue weighted by Crippen LogP contribution is -2.14. The van der Waals surface area contributed by atoms with Gasteiger partial charge in [0.15, 0.2) is 5.82 Å². The molecule has 0 amide bonds. The van der Waals surface area contributed by atoms with Crippen molar-refractivity contribution in [2.24, 2.45) is 7.05 Å². The van der Waals surface area contributed by atoms with E-state index in [0.29, 0.717) is 24.7 Å². The number of anilines is 2. The molecule has 0 spiro atoms. The van der Waals surface area contributed by atoms with Crippen molar-refractivity contribution >= 4 is 17.4 Å². The Labute approximate surface area is 209 Å². The Morgan fingerprint density at radius 1 is 1.25 bits per heavy atom. The fourth-order valence-electron chi connectivity index (χ4n) is 4.33. The highest BCUT2D eigenvalue weighted by Crippen LogP contribution is 2.33. The molecule has 10 nitrogen and oxygen atoms in total. The lowest BCUT2D eigenvalue weighted by Gasteiger charge is -2.17. The number of oxazole rings is 1. The number of hydrogen-bond acceptors (Lipinski definition) is 9. The molecular weight excluding hydrogens is 456 g/mol. The van der Waals surface area contributed by atoms with E-state index in [1.54, 1.807) is 17.1 Å². The average molecular weight is 487 g/mol. The molecule has 0 aliphatic carbocycles. The molecule has 3 aromatic heterocycles. The number of Topliss-reactive ketones (excluding diaryl/α,β-unsaturated/α-hetero) is 1. The smallest absolute Gasteiger partial charge is 0.263 e. The van der Waals surface area contributed by atoms with Gasteiger partial charge in [-0.25, -0.2) is 15.0 Å². The molecular formula is C26H30N8O2. The molecule has 0 bridgehead atoms. The first-order valence-corrected chi connectivity index (χ1v) is 12.0. The van der Waals surface area contributed by atoms with Gasteiger partial charge in [0.2, 0.25) is 11.7 Å². The Kier molecular flexibility index (Phi) is 6.36. The minimum absolute atomic E-state index is 0.0719. The molecule has 0 unspecified atom stereocenters. The lowest BCUT2D eigenvalue weighted by molar-refractivity contribution is 0.0938. The first-order chi connectivity index (χ1) is 17.3. The summed E-state index contributed by atoms with van der Waals surface area (Å²) in [6.45, 7) is 7.69. The normalized spacial score (nSPS) is 15.8. The largest absolute Gasteiger partial charge is 0.442 e. The molecule has 1 aliphatic rings. The highest BCUT2D eigenvalue weighted by Gasteiger charge is 2.26. The van der Waals surface area contributed by atoms with Gasteiger partial charge in [-0.3, -0.25) is 9.48 Å². The molecule has 186 valence electrons. The summed E-state index contributed by atoms with van der Waals surface area (Å²) in [4.78, 5) is 30.7. The van der Waals surface area contributed by atoms with Crippen LogP contribution in [0.15, 0.2) is 47.6 Å². The summed E-state index contributed by atoms with van der Waals surface area (Å²) in [7, 11) is 1.85. The number of hydrogen-bond donors (Lipinski definition) is 2. The van der Waals surface area contributed by atoms with Crippen LogP contribution in [0.25, 0.3) is 11.4 Å². The molecule has 1 aromatic carbocycles. The summed E-state index contributed by atoms with van der Waals surface area (Å²) >= 11 is 0. The van der Waals surface area contributed by atoms with Crippen molar-refractivity contribution in [2.75, 3.05) is 11.9 Å². The van der Waals surface area contributed by atoms with Gasteiger partial charge in [-0.05, 0) is 36.1 Å². The average Bonchev–Trinajstić information content (AvgIpc) is 3.46. The van der Waals surface area contributed by atoms with Crippen molar-refractivity contribution < 1.29 is 9.21 Å². The Balaban J connectivity index is 1.36. The number of rotatable bonds is 6. The zero-order chi connectivity index (χ0) is 25.3. The van der Waals surface area contributed by atoms with E-state index >= 15 is 0 Å². The van der Waals surface area contributed by atoms with Crippen molar-refractivity contribution in [2.45, 2.75) is 51.5 Å². The van der Waals surface area contributed by atoms with E-state index < -0.39 is 0 Å². The topological polar surface area (TPSA) is 124 Å². The molecule has 2 N–H and O–H groups in total. The Hall–Kier alpha value is -3.92. The van der Waals surface area contributed by atoms with E-state index in [9.17, 15) is 4.79 Å². The Morgan fingerprint density at radius 2 is 2.11 bits per heavy atom. The predicted molar refractivity (Wildman–Crippen MR) is 135 cm³/mol. The highest BCUT2D eigenvalue weighted by atomic mass is 16.3. The quantitative estimate of drug-likeness (QED) is 0.387. The van der Waals surface area contributed by atoms with Crippen LogP contribution in [0.5, 0.6) is 0 Å². The van der Waals surface area contributed by atoms with Gasteiger partial charge in [-0.15, -0.1) is 0 Å². The maximum atomic E-state index is 13.0. The number of ketones is 1. The van der Waals surface area contributed by atoms with Crippen LogP contribution in [0, 0.1) is 0 Å². The maximum Gasteiger partial charge on any atom is 0.263 e. The maximum absolute atomic E-state index is 13.0. The van der Waals surface area contributed by atoms with Crippen molar-refractivity contribution in [3.05, 3.63) is 65.9 Å². The first kappa shape index (κ1) is 23.8. The number of fused-ring (bicyclic) bond motifs is 1. The van der Waals surface area contributed by atoms with Crippen LogP contribution < -0.4 is 10.6 Å². The highest BCUT2D eigenvalue weighted by molar-refractivity contribution is 5.92. The molecule has 0 saturated carbocycles. The Bertz CT molecular complexity index is 1380. The molecule has 4 heterocycles.